The first-order valence-corrected chi connectivity index (χ1v) is 12.1. The Balaban J connectivity index is 1.56. The summed E-state index contributed by atoms with van der Waals surface area (Å²) in [5.41, 5.74) is 1.08. The number of rotatable bonds is 7. The van der Waals surface area contributed by atoms with Crippen molar-refractivity contribution in [1.82, 2.24) is 15.8 Å². The number of anilines is 1. The van der Waals surface area contributed by atoms with Gasteiger partial charge in [0.25, 0.3) is 21.8 Å². The lowest BCUT2D eigenvalue weighted by molar-refractivity contribution is -0.133. The number of nitrogens with one attached hydrogen (secondary N) is 3. The summed E-state index contributed by atoms with van der Waals surface area (Å²) in [6, 6.07) is 18.0. The molecule has 4 amide bonds. The van der Waals surface area contributed by atoms with Gasteiger partial charge in [-0.25, -0.2) is 17.6 Å². The quantitative estimate of drug-likeness (QED) is 0.434. The van der Waals surface area contributed by atoms with E-state index in [1.54, 1.807) is 37.3 Å². The lowest BCUT2D eigenvalue weighted by atomic mass is 9.87. The lowest BCUT2D eigenvalue weighted by Crippen LogP contribution is -2.48. The number of amides is 4. The second-order valence-electron chi connectivity index (χ2n) is 7.75. The number of benzene rings is 3. The number of sulfonamides is 1. The summed E-state index contributed by atoms with van der Waals surface area (Å²) >= 11 is 0. The molecule has 35 heavy (non-hydrogen) atoms. The molecule has 0 radical (unpaired) electrons. The van der Waals surface area contributed by atoms with E-state index >= 15 is 0 Å². The number of para-hydroxylation sites is 1. The molecule has 1 aliphatic heterocycles. The lowest BCUT2D eigenvalue weighted by Gasteiger charge is -2.25. The summed E-state index contributed by atoms with van der Waals surface area (Å²) in [5.74, 6) is -2.31. The van der Waals surface area contributed by atoms with Crippen LogP contribution in [0.25, 0.3) is 0 Å². The Morgan fingerprint density at radius 1 is 1.00 bits per heavy atom. The van der Waals surface area contributed by atoms with Crippen molar-refractivity contribution in [3.63, 3.8) is 0 Å². The Bertz CT molecular complexity index is 1410. The van der Waals surface area contributed by atoms with Gasteiger partial charge >= 0.3 is 6.03 Å². The smallest absolute Gasteiger partial charge is 0.318 e. The first-order chi connectivity index (χ1) is 16.7. The third kappa shape index (κ3) is 4.45. The largest absolute Gasteiger partial charge is 0.344 e. The van der Waals surface area contributed by atoms with E-state index in [9.17, 15) is 27.2 Å². The van der Waals surface area contributed by atoms with Crippen LogP contribution in [0.4, 0.5) is 14.9 Å². The van der Waals surface area contributed by atoms with Gasteiger partial charge in [-0.1, -0.05) is 55.5 Å². The van der Waals surface area contributed by atoms with E-state index in [2.05, 4.69) is 15.5 Å². The molecule has 1 unspecified atom stereocenters. The molecular weight excluding hydrogens is 475 g/mol. The van der Waals surface area contributed by atoms with Crippen LogP contribution in [0.2, 0.25) is 0 Å². The molecule has 1 saturated heterocycles. The Morgan fingerprint density at radius 3 is 2.37 bits per heavy atom. The highest BCUT2D eigenvalue weighted by Gasteiger charge is 2.52. The van der Waals surface area contributed by atoms with Gasteiger partial charge < -0.3 is 5.32 Å². The number of urea groups is 1. The zero-order chi connectivity index (χ0) is 25.2. The monoisotopic (exact) mass is 496 g/mol. The van der Waals surface area contributed by atoms with E-state index < -0.39 is 39.2 Å². The third-order valence-electron chi connectivity index (χ3n) is 5.63. The van der Waals surface area contributed by atoms with E-state index in [4.69, 9.17) is 0 Å². The van der Waals surface area contributed by atoms with E-state index in [0.29, 0.717) is 10.6 Å². The minimum absolute atomic E-state index is 0.129. The molecular formula is C24H21FN4O5S. The number of nitrogens with zero attached hydrogens (tertiary/aromatic N) is 1. The molecule has 1 atom stereocenters. The van der Waals surface area contributed by atoms with Crippen molar-refractivity contribution in [1.29, 1.82) is 0 Å². The van der Waals surface area contributed by atoms with E-state index in [0.717, 1.165) is 12.1 Å². The van der Waals surface area contributed by atoms with E-state index in [1.165, 1.54) is 36.4 Å². The molecule has 3 N–H and O–H groups in total. The van der Waals surface area contributed by atoms with E-state index in [-0.39, 0.29) is 22.6 Å². The minimum atomic E-state index is -4.23. The van der Waals surface area contributed by atoms with Crippen LogP contribution in [-0.4, -0.2) is 31.3 Å². The minimum Gasteiger partial charge on any atom is -0.318 e. The van der Waals surface area contributed by atoms with Gasteiger partial charge in [0.15, 0.2) is 0 Å². The molecule has 0 aliphatic carbocycles. The topological polar surface area (TPSA) is 125 Å². The first-order valence-electron chi connectivity index (χ1n) is 10.6. The highest BCUT2D eigenvalue weighted by molar-refractivity contribution is 7.92. The van der Waals surface area contributed by atoms with Crippen molar-refractivity contribution >= 4 is 33.6 Å². The number of carbonyl (C=O) groups excluding carboxylic acids is 3. The van der Waals surface area contributed by atoms with Gasteiger partial charge in [0.1, 0.15) is 11.4 Å². The molecule has 180 valence electrons. The third-order valence-corrected chi connectivity index (χ3v) is 6.99. The molecule has 4 rings (SSSR count). The van der Waals surface area contributed by atoms with Crippen molar-refractivity contribution in [3.8, 4) is 0 Å². The SMILES string of the molecule is CCC1(c2ccccc2)NC(=O)N(NC(=O)c2cccc(S(=O)(=O)Nc3ccccc3F)c2)C1=O. The van der Waals surface area contributed by atoms with Crippen molar-refractivity contribution in [2.75, 3.05) is 4.72 Å². The second kappa shape index (κ2) is 9.18. The van der Waals surface area contributed by atoms with Crippen LogP contribution in [0.1, 0.15) is 29.3 Å². The average Bonchev–Trinajstić information content (AvgIpc) is 3.11. The Morgan fingerprint density at radius 2 is 1.69 bits per heavy atom. The molecule has 11 heteroatoms. The molecule has 0 spiro atoms. The van der Waals surface area contributed by atoms with Crippen molar-refractivity contribution < 1.29 is 27.2 Å². The molecule has 1 fully saturated rings. The van der Waals surface area contributed by atoms with Crippen molar-refractivity contribution in [2.24, 2.45) is 0 Å². The van der Waals surface area contributed by atoms with E-state index in [1.807, 2.05) is 0 Å². The number of halogens is 1. The van der Waals surface area contributed by atoms with Crippen LogP contribution >= 0.6 is 0 Å². The Hall–Kier alpha value is -4.25. The maximum atomic E-state index is 13.9. The molecule has 1 aliphatic rings. The fourth-order valence-electron chi connectivity index (χ4n) is 3.76. The van der Waals surface area contributed by atoms with Gasteiger partial charge in [0.2, 0.25) is 0 Å². The number of carbonyl (C=O) groups is 3. The zero-order valence-corrected chi connectivity index (χ0v) is 19.3. The van der Waals surface area contributed by atoms with Crippen molar-refractivity contribution in [2.45, 2.75) is 23.8 Å². The van der Waals surface area contributed by atoms with Crippen LogP contribution < -0.4 is 15.5 Å². The van der Waals surface area contributed by atoms with Crippen LogP contribution in [0, 0.1) is 5.82 Å². The standard InChI is InChI=1S/C24H21FN4O5S/c1-2-24(17-10-4-3-5-11-17)22(31)29(23(32)26-24)27-21(30)16-9-8-12-18(15-16)35(33,34)28-20-14-7-6-13-19(20)25/h3-15,28H,2H2,1H3,(H,26,32)(H,27,30). The molecule has 9 nitrogen and oxygen atoms in total. The van der Waals surface area contributed by atoms with Gasteiger partial charge in [0, 0.05) is 5.56 Å². The summed E-state index contributed by atoms with van der Waals surface area (Å²) in [5, 5.41) is 3.22. The predicted octanol–water partition coefficient (Wildman–Crippen LogP) is 3.13. The molecule has 0 aromatic heterocycles. The van der Waals surface area contributed by atoms with Gasteiger partial charge in [-0.15, -0.1) is 0 Å². The van der Waals surface area contributed by atoms with Gasteiger partial charge in [0.05, 0.1) is 10.6 Å². The normalized spacial score (nSPS) is 17.7. The fourth-order valence-corrected chi connectivity index (χ4v) is 4.87. The predicted molar refractivity (Wildman–Crippen MR) is 125 cm³/mol. The number of imide groups is 1. The number of hydrogen-bond acceptors (Lipinski definition) is 5. The summed E-state index contributed by atoms with van der Waals surface area (Å²) < 4.78 is 41.5. The van der Waals surface area contributed by atoms with Gasteiger partial charge in [-0.3, -0.25) is 19.7 Å². The molecule has 0 saturated carbocycles. The zero-order valence-electron chi connectivity index (χ0n) is 18.5. The number of hydrazine groups is 1. The van der Waals surface area contributed by atoms with Crippen molar-refractivity contribution in [3.05, 3.63) is 95.8 Å². The maximum Gasteiger partial charge on any atom is 0.344 e. The first kappa shape index (κ1) is 23.9. The highest BCUT2D eigenvalue weighted by atomic mass is 32.2. The molecule has 3 aromatic carbocycles. The summed E-state index contributed by atoms with van der Waals surface area (Å²) in [6.45, 7) is 1.73. The van der Waals surface area contributed by atoms with Crippen LogP contribution in [0.5, 0.6) is 0 Å². The average molecular weight is 497 g/mol. The van der Waals surface area contributed by atoms with Crippen LogP contribution in [-0.2, 0) is 20.4 Å². The van der Waals surface area contributed by atoms with Crippen LogP contribution in [0.3, 0.4) is 0 Å². The van der Waals surface area contributed by atoms with Gasteiger partial charge in [-0.05, 0) is 42.3 Å². The van der Waals surface area contributed by atoms with Gasteiger partial charge in [-0.2, -0.15) is 5.01 Å². The molecule has 0 bridgehead atoms. The fraction of sp³-hybridized carbons (Fsp3) is 0.125. The molecule has 1 heterocycles. The number of hydrogen-bond donors (Lipinski definition) is 3. The maximum absolute atomic E-state index is 13.9. The summed E-state index contributed by atoms with van der Waals surface area (Å²) in [7, 11) is -4.23. The Kier molecular flexibility index (Phi) is 6.27. The Labute approximate surface area is 201 Å². The second-order valence-corrected chi connectivity index (χ2v) is 9.43. The molecule has 3 aromatic rings. The van der Waals surface area contributed by atoms with Crippen LogP contribution in [0.15, 0.2) is 83.8 Å². The summed E-state index contributed by atoms with van der Waals surface area (Å²) in [4.78, 5) is 38.3. The summed E-state index contributed by atoms with van der Waals surface area (Å²) in [6.07, 6.45) is 0.239. The highest BCUT2D eigenvalue weighted by Crippen LogP contribution is 2.31.